The minimum atomic E-state index is -3.02. The molecule has 0 radical (unpaired) electrons. The van der Waals surface area contributed by atoms with Crippen LogP contribution in [0.25, 0.3) is 0 Å². The van der Waals surface area contributed by atoms with Gasteiger partial charge in [0.1, 0.15) is 0 Å². The third kappa shape index (κ3) is 2.54. The van der Waals surface area contributed by atoms with Gasteiger partial charge in [-0.3, -0.25) is 0 Å². The summed E-state index contributed by atoms with van der Waals surface area (Å²) in [7, 11) is -1.55. The molecule has 72 valence electrons. The van der Waals surface area contributed by atoms with E-state index in [-0.39, 0.29) is 5.25 Å². The second-order valence-electron chi connectivity index (χ2n) is 2.86. The number of nitrogens with one attached hydrogen (secondary N) is 1. The van der Waals surface area contributed by atoms with Crippen LogP contribution in [0.15, 0.2) is 0 Å². The zero-order valence-corrected chi connectivity index (χ0v) is 9.93. The highest BCUT2D eigenvalue weighted by molar-refractivity contribution is 14.1. The molecule has 0 atom stereocenters. The van der Waals surface area contributed by atoms with E-state index in [1.165, 1.54) is 7.05 Å². The topological polar surface area (TPSA) is 49.4 Å². The fraction of sp³-hybridized carbons (Fsp3) is 1.00. The fourth-order valence-corrected chi connectivity index (χ4v) is 3.02. The van der Waals surface area contributed by atoms with Crippen LogP contribution in [-0.2, 0) is 10.0 Å². The van der Waals surface area contributed by atoms with Crippen molar-refractivity contribution >= 4 is 32.9 Å². The van der Waals surface area contributed by atoms with Crippen molar-refractivity contribution < 1.29 is 8.42 Å². The SMILES string of the molecule is CNS(=O)(=O)C1CCN(I)CC1. The summed E-state index contributed by atoms with van der Waals surface area (Å²) in [6.45, 7) is 1.73. The smallest absolute Gasteiger partial charge is 0.214 e. The molecule has 4 nitrogen and oxygen atoms in total. The molecular formula is C6H13IN2O2S. The predicted molar refractivity (Wildman–Crippen MR) is 56.6 cm³/mol. The first-order valence-corrected chi connectivity index (χ1v) is 6.40. The molecule has 0 saturated carbocycles. The molecule has 1 saturated heterocycles. The van der Waals surface area contributed by atoms with Gasteiger partial charge >= 0.3 is 0 Å². The van der Waals surface area contributed by atoms with Gasteiger partial charge in [-0.05, 0) is 19.9 Å². The van der Waals surface area contributed by atoms with Crippen LogP contribution in [0, 0.1) is 0 Å². The Balaban J connectivity index is 2.56. The second kappa shape index (κ2) is 4.21. The van der Waals surface area contributed by atoms with Gasteiger partial charge in [0, 0.05) is 36.0 Å². The van der Waals surface area contributed by atoms with Gasteiger partial charge in [-0.15, -0.1) is 0 Å². The number of sulfonamides is 1. The molecule has 0 aromatic rings. The average Bonchev–Trinajstić information content (AvgIpc) is 2.05. The van der Waals surface area contributed by atoms with Crippen LogP contribution in [0.5, 0.6) is 0 Å². The Morgan fingerprint density at radius 2 is 1.92 bits per heavy atom. The molecule has 1 aliphatic heterocycles. The van der Waals surface area contributed by atoms with Crippen molar-refractivity contribution in [3.05, 3.63) is 0 Å². The Morgan fingerprint density at radius 3 is 2.33 bits per heavy atom. The minimum absolute atomic E-state index is 0.187. The standard InChI is InChI=1S/C6H13IN2O2S/c1-8-12(10,11)6-2-4-9(7)5-3-6/h6,8H,2-5H2,1H3. The van der Waals surface area contributed by atoms with E-state index in [2.05, 4.69) is 30.7 Å². The van der Waals surface area contributed by atoms with Crippen molar-refractivity contribution in [2.24, 2.45) is 0 Å². The van der Waals surface area contributed by atoms with Crippen molar-refractivity contribution in [2.75, 3.05) is 20.1 Å². The molecule has 1 aliphatic rings. The molecule has 1 N–H and O–H groups in total. The first-order chi connectivity index (χ1) is 5.56. The third-order valence-corrected chi connectivity index (χ3v) is 4.99. The van der Waals surface area contributed by atoms with Gasteiger partial charge in [0.05, 0.1) is 5.25 Å². The lowest BCUT2D eigenvalue weighted by atomic mass is 10.2. The number of hydrogen-bond donors (Lipinski definition) is 1. The summed E-state index contributed by atoms with van der Waals surface area (Å²) in [5.74, 6) is 0. The molecular weight excluding hydrogens is 291 g/mol. The van der Waals surface area contributed by atoms with E-state index >= 15 is 0 Å². The average molecular weight is 304 g/mol. The molecule has 0 bridgehead atoms. The van der Waals surface area contributed by atoms with Crippen molar-refractivity contribution in [3.8, 4) is 0 Å². The van der Waals surface area contributed by atoms with Gasteiger partial charge in [0.15, 0.2) is 0 Å². The maximum Gasteiger partial charge on any atom is 0.214 e. The highest BCUT2D eigenvalue weighted by atomic mass is 127. The van der Waals surface area contributed by atoms with E-state index in [9.17, 15) is 8.42 Å². The Bertz CT molecular complexity index is 234. The molecule has 1 fully saturated rings. The fourth-order valence-electron chi connectivity index (χ4n) is 1.30. The summed E-state index contributed by atoms with van der Waals surface area (Å²) in [6.07, 6.45) is 1.48. The Labute approximate surface area is 87.2 Å². The van der Waals surface area contributed by atoms with Crippen molar-refractivity contribution in [1.29, 1.82) is 0 Å². The van der Waals surface area contributed by atoms with E-state index < -0.39 is 10.0 Å². The molecule has 1 rings (SSSR count). The molecule has 1 heterocycles. The normalized spacial score (nSPS) is 22.8. The zero-order chi connectivity index (χ0) is 9.19. The monoisotopic (exact) mass is 304 g/mol. The number of rotatable bonds is 2. The van der Waals surface area contributed by atoms with Crippen LogP contribution >= 0.6 is 22.9 Å². The largest absolute Gasteiger partial charge is 0.247 e. The minimum Gasteiger partial charge on any atom is -0.247 e. The highest BCUT2D eigenvalue weighted by Crippen LogP contribution is 2.18. The number of halogens is 1. The van der Waals surface area contributed by atoms with E-state index in [0.717, 1.165) is 25.9 Å². The summed E-state index contributed by atoms with van der Waals surface area (Å²) < 4.78 is 27.2. The molecule has 12 heavy (non-hydrogen) atoms. The lowest BCUT2D eigenvalue weighted by molar-refractivity contribution is 0.402. The lowest BCUT2D eigenvalue weighted by Crippen LogP contribution is -2.39. The summed E-state index contributed by atoms with van der Waals surface area (Å²) in [4.78, 5) is 0. The van der Waals surface area contributed by atoms with Crippen molar-refractivity contribution in [3.63, 3.8) is 0 Å². The van der Waals surface area contributed by atoms with E-state index in [4.69, 9.17) is 0 Å². The molecule has 0 aromatic heterocycles. The molecule has 0 aliphatic carbocycles. The van der Waals surface area contributed by atoms with E-state index in [0.29, 0.717) is 0 Å². The predicted octanol–water partition coefficient (Wildman–Crippen LogP) is 0.350. The van der Waals surface area contributed by atoms with Gasteiger partial charge in [-0.2, -0.15) is 0 Å². The number of piperidine rings is 1. The van der Waals surface area contributed by atoms with E-state index in [1.54, 1.807) is 0 Å². The first-order valence-electron chi connectivity index (χ1n) is 3.89. The Hall–Kier alpha value is 0.600. The second-order valence-corrected chi connectivity index (χ2v) is 6.39. The summed E-state index contributed by atoms with van der Waals surface area (Å²) in [5.41, 5.74) is 0. The van der Waals surface area contributed by atoms with Crippen LogP contribution in [0.1, 0.15) is 12.8 Å². The number of nitrogens with zero attached hydrogens (tertiary/aromatic N) is 1. The molecule has 0 spiro atoms. The summed E-state index contributed by atoms with van der Waals surface area (Å²) >= 11 is 2.23. The van der Waals surface area contributed by atoms with Gasteiger partial charge in [0.2, 0.25) is 10.0 Å². The van der Waals surface area contributed by atoms with Crippen LogP contribution < -0.4 is 4.72 Å². The quantitative estimate of drug-likeness (QED) is 0.592. The third-order valence-electron chi connectivity index (χ3n) is 2.11. The first kappa shape index (κ1) is 10.7. The maximum atomic E-state index is 11.3. The van der Waals surface area contributed by atoms with E-state index in [1.807, 2.05) is 0 Å². The zero-order valence-electron chi connectivity index (χ0n) is 6.96. The number of hydrogen-bond acceptors (Lipinski definition) is 3. The van der Waals surface area contributed by atoms with Crippen LogP contribution in [0.2, 0.25) is 0 Å². The van der Waals surface area contributed by atoms with Crippen molar-refractivity contribution in [1.82, 2.24) is 7.84 Å². The van der Waals surface area contributed by atoms with Crippen LogP contribution in [0.4, 0.5) is 0 Å². The van der Waals surface area contributed by atoms with Crippen LogP contribution in [0.3, 0.4) is 0 Å². The van der Waals surface area contributed by atoms with Gasteiger partial charge in [-0.25, -0.2) is 16.3 Å². The molecule has 0 aromatic carbocycles. The van der Waals surface area contributed by atoms with Gasteiger partial charge in [-0.1, -0.05) is 0 Å². The maximum absolute atomic E-state index is 11.3. The van der Waals surface area contributed by atoms with Crippen LogP contribution in [-0.4, -0.2) is 36.9 Å². The molecule has 0 unspecified atom stereocenters. The Morgan fingerprint density at radius 1 is 1.42 bits per heavy atom. The van der Waals surface area contributed by atoms with Gasteiger partial charge < -0.3 is 0 Å². The molecule has 6 heteroatoms. The lowest BCUT2D eigenvalue weighted by Gasteiger charge is -2.26. The Kier molecular flexibility index (Phi) is 3.74. The van der Waals surface area contributed by atoms with Gasteiger partial charge in [0.25, 0.3) is 0 Å². The molecule has 0 amide bonds. The highest BCUT2D eigenvalue weighted by Gasteiger charge is 2.27. The summed E-state index contributed by atoms with van der Waals surface area (Å²) in [5, 5.41) is -0.187. The van der Waals surface area contributed by atoms with Crippen molar-refractivity contribution in [2.45, 2.75) is 18.1 Å². The summed E-state index contributed by atoms with van der Waals surface area (Å²) in [6, 6.07) is 0.